The predicted molar refractivity (Wildman–Crippen MR) is 231 cm³/mol. The molecule has 0 saturated carbocycles. The van der Waals surface area contributed by atoms with Crippen molar-refractivity contribution in [1.29, 1.82) is 0 Å². The first-order chi connectivity index (χ1) is 27.1. The van der Waals surface area contributed by atoms with Crippen molar-refractivity contribution in [2.24, 2.45) is 0 Å². The van der Waals surface area contributed by atoms with Crippen molar-refractivity contribution in [3.05, 3.63) is 0 Å². The summed E-state index contributed by atoms with van der Waals surface area (Å²) >= 11 is 0. The fourth-order valence-electron chi connectivity index (χ4n) is 7.49. The number of rotatable bonds is 44. The van der Waals surface area contributed by atoms with Crippen LogP contribution >= 0.6 is 0 Å². The van der Waals surface area contributed by atoms with E-state index in [0.29, 0.717) is 12.8 Å². The smallest absolute Gasteiger partial charge is 0.306 e. The summed E-state index contributed by atoms with van der Waals surface area (Å²) in [5.74, 6) is -1.71. The molecular formula is C48H93NO7. The quantitative estimate of drug-likeness (QED) is 0.0344. The Morgan fingerprint density at radius 3 is 1.11 bits per heavy atom. The number of aliphatic carboxylic acids is 1. The van der Waals surface area contributed by atoms with Crippen LogP contribution < -0.4 is 5.11 Å². The first kappa shape index (κ1) is 54.3. The molecule has 0 aromatic carbocycles. The SMILES string of the molecule is CCCCCCCCCCCCCCCCCCCCCCC(=O)OCC(COCCC(C(=O)[O-])[N+](C)(C)C)OC(=O)CCCCCCCCCCCCCC. The molecule has 0 amide bonds. The van der Waals surface area contributed by atoms with E-state index in [1.165, 1.54) is 167 Å². The molecule has 2 unspecified atom stereocenters. The number of carbonyl (C=O) groups excluding carboxylic acids is 3. The van der Waals surface area contributed by atoms with E-state index in [1.54, 1.807) is 0 Å². The Labute approximate surface area is 346 Å². The molecule has 0 spiro atoms. The zero-order valence-corrected chi connectivity index (χ0v) is 37.8. The van der Waals surface area contributed by atoms with Crippen molar-refractivity contribution in [2.45, 2.75) is 251 Å². The summed E-state index contributed by atoms with van der Waals surface area (Å²) in [5.41, 5.74) is 0. The van der Waals surface area contributed by atoms with E-state index in [4.69, 9.17) is 14.2 Å². The molecule has 0 N–H and O–H groups in total. The third-order valence-corrected chi connectivity index (χ3v) is 11.2. The molecule has 0 saturated heterocycles. The van der Waals surface area contributed by atoms with Crippen LogP contribution in [0.25, 0.3) is 0 Å². The van der Waals surface area contributed by atoms with Crippen LogP contribution in [0.3, 0.4) is 0 Å². The van der Waals surface area contributed by atoms with Gasteiger partial charge in [-0.1, -0.05) is 206 Å². The Morgan fingerprint density at radius 1 is 0.464 bits per heavy atom. The molecule has 0 aromatic heterocycles. The van der Waals surface area contributed by atoms with Gasteiger partial charge in [0, 0.05) is 19.3 Å². The monoisotopic (exact) mass is 796 g/mol. The number of carbonyl (C=O) groups is 3. The van der Waals surface area contributed by atoms with Crippen LogP contribution in [0.1, 0.15) is 239 Å². The van der Waals surface area contributed by atoms with Crippen LogP contribution in [0, 0.1) is 0 Å². The maximum Gasteiger partial charge on any atom is 0.306 e. The van der Waals surface area contributed by atoms with Crippen molar-refractivity contribution >= 4 is 17.9 Å². The number of esters is 2. The maximum atomic E-state index is 12.7. The van der Waals surface area contributed by atoms with Crippen LogP contribution in [-0.2, 0) is 28.6 Å². The van der Waals surface area contributed by atoms with Crippen molar-refractivity contribution in [3.63, 3.8) is 0 Å². The highest BCUT2D eigenvalue weighted by Crippen LogP contribution is 2.17. The third-order valence-electron chi connectivity index (χ3n) is 11.2. The Bertz CT molecular complexity index is 889. The minimum absolute atomic E-state index is 0.0493. The van der Waals surface area contributed by atoms with Gasteiger partial charge in [0.1, 0.15) is 12.6 Å². The summed E-state index contributed by atoms with van der Waals surface area (Å²) in [7, 11) is 5.42. The second-order valence-electron chi connectivity index (χ2n) is 17.7. The molecule has 0 aliphatic carbocycles. The minimum atomic E-state index is -1.12. The predicted octanol–water partition coefficient (Wildman–Crippen LogP) is 12.0. The lowest BCUT2D eigenvalue weighted by atomic mass is 10.0. The van der Waals surface area contributed by atoms with Crippen molar-refractivity contribution in [3.8, 4) is 0 Å². The molecule has 0 aliphatic rings. The molecule has 8 nitrogen and oxygen atoms in total. The molecule has 8 heteroatoms. The average molecular weight is 796 g/mol. The molecule has 56 heavy (non-hydrogen) atoms. The summed E-state index contributed by atoms with van der Waals surface area (Å²) in [4.78, 5) is 36.9. The van der Waals surface area contributed by atoms with Crippen LogP contribution in [0.15, 0.2) is 0 Å². The van der Waals surface area contributed by atoms with E-state index in [-0.39, 0.29) is 42.7 Å². The van der Waals surface area contributed by atoms with Crippen LogP contribution in [-0.4, -0.2) is 75.5 Å². The van der Waals surface area contributed by atoms with Crippen LogP contribution in [0.2, 0.25) is 0 Å². The fraction of sp³-hybridized carbons (Fsp3) is 0.938. The lowest BCUT2D eigenvalue weighted by Crippen LogP contribution is -2.55. The number of carboxylic acids is 1. The van der Waals surface area contributed by atoms with Gasteiger partial charge < -0.3 is 28.6 Å². The van der Waals surface area contributed by atoms with Gasteiger partial charge in [-0.05, 0) is 12.8 Å². The Morgan fingerprint density at radius 2 is 0.786 bits per heavy atom. The molecule has 332 valence electrons. The van der Waals surface area contributed by atoms with Gasteiger partial charge in [-0.15, -0.1) is 0 Å². The number of carboxylic acid groups (broad SMARTS) is 1. The highest BCUT2D eigenvalue weighted by Gasteiger charge is 2.25. The van der Waals surface area contributed by atoms with Crippen molar-refractivity contribution in [1.82, 2.24) is 0 Å². The summed E-state index contributed by atoms with van der Waals surface area (Å²) in [6, 6.07) is -0.719. The van der Waals surface area contributed by atoms with Gasteiger partial charge in [-0.3, -0.25) is 9.59 Å². The molecule has 0 bridgehead atoms. The van der Waals surface area contributed by atoms with Gasteiger partial charge in [-0.25, -0.2) is 0 Å². The van der Waals surface area contributed by atoms with Gasteiger partial charge in [0.15, 0.2) is 6.10 Å². The summed E-state index contributed by atoms with van der Waals surface area (Å²) in [6.07, 6.45) is 41.3. The normalized spacial score (nSPS) is 12.8. The lowest BCUT2D eigenvalue weighted by Gasteiger charge is -2.34. The van der Waals surface area contributed by atoms with Gasteiger partial charge in [0.2, 0.25) is 0 Å². The number of ether oxygens (including phenoxy) is 3. The number of unbranched alkanes of at least 4 members (excludes halogenated alkanes) is 30. The fourth-order valence-corrected chi connectivity index (χ4v) is 7.49. The van der Waals surface area contributed by atoms with E-state index in [9.17, 15) is 19.5 Å². The third kappa shape index (κ3) is 37.9. The number of nitrogens with zero attached hydrogens (tertiary/aromatic N) is 1. The maximum absolute atomic E-state index is 12.7. The molecule has 0 heterocycles. The van der Waals surface area contributed by atoms with Gasteiger partial charge >= 0.3 is 11.9 Å². The standard InChI is InChI=1S/C48H93NO7/c1-6-8-10-12-14-16-18-20-21-22-23-24-25-26-27-29-30-32-34-36-38-46(50)55-43-44(42-54-41-40-45(48(52)53)49(3,4)5)56-47(51)39-37-35-33-31-28-19-17-15-13-11-9-7-2/h44-45H,6-43H2,1-5H3. The number of hydrogen-bond donors (Lipinski definition) is 0. The van der Waals surface area contributed by atoms with E-state index in [1.807, 2.05) is 21.1 Å². The second kappa shape index (κ2) is 40.1. The lowest BCUT2D eigenvalue weighted by molar-refractivity contribution is -0.889. The molecule has 2 atom stereocenters. The topological polar surface area (TPSA) is 102 Å². The van der Waals surface area contributed by atoms with Crippen LogP contribution in [0.4, 0.5) is 0 Å². The van der Waals surface area contributed by atoms with Crippen LogP contribution in [0.5, 0.6) is 0 Å². The summed E-state index contributed by atoms with van der Waals surface area (Å²) in [5, 5.41) is 11.6. The summed E-state index contributed by atoms with van der Waals surface area (Å²) < 4.78 is 17.2. The average Bonchev–Trinajstić information content (AvgIpc) is 3.15. The molecular weight excluding hydrogens is 703 g/mol. The number of quaternary nitrogens is 1. The molecule has 0 aromatic rings. The zero-order chi connectivity index (χ0) is 41.4. The number of likely N-dealkylation sites (N-methyl/N-ethyl adjacent to an activating group) is 1. The molecule has 0 fully saturated rings. The zero-order valence-electron chi connectivity index (χ0n) is 37.8. The number of hydrogen-bond acceptors (Lipinski definition) is 7. The van der Waals surface area contributed by atoms with Gasteiger partial charge in [0.25, 0.3) is 0 Å². The summed E-state index contributed by atoms with van der Waals surface area (Å²) in [6.45, 7) is 4.70. The largest absolute Gasteiger partial charge is 0.544 e. The van der Waals surface area contributed by atoms with E-state index in [2.05, 4.69) is 13.8 Å². The second-order valence-corrected chi connectivity index (χ2v) is 17.7. The molecule has 0 aliphatic heterocycles. The Kier molecular flexibility index (Phi) is 38.9. The van der Waals surface area contributed by atoms with E-state index < -0.39 is 18.1 Å². The van der Waals surface area contributed by atoms with E-state index in [0.717, 1.165) is 38.5 Å². The van der Waals surface area contributed by atoms with Gasteiger partial charge in [0.05, 0.1) is 40.3 Å². The highest BCUT2D eigenvalue weighted by atomic mass is 16.6. The Hall–Kier alpha value is -1.67. The van der Waals surface area contributed by atoms with Crippen molar-refractivity contribution in [2.75, 3.05) is 41.0 Å². The van der Waals surface area contributed by atoms with E-state index >= 15 is 0 Å². The highest BCUT2D eigenvalue weighted by molar-refractivity contribution is 5.70. The Balaban J connectivity index is 4.18. The van der Waals surface area contributed by atoms with Crippen molar-refractivity contribution < 1.29 is 38.2 Å². The first-order valence-electron chi connectivity index (χ1n) is 24.1. The van der Waals surface area contributed by atoms with Gasteiger partial charge in [-0.2, -0.15) is 0 Å². The first-order valence-corrected chi connectivity index (χ1v) is 24.1. The minimum Gasteiger partial charge on any atom is -0.544 e. The molecule has 0 radical (unpaired) electrons. The molecule has 0 rings (SSSR count).